The summed E-state index contributed by atoms with van der Waals surface area (Å²) in [7, 11) is 1.66. The third-order valence-corrected chi connectivity index (χ3v) is 4.44. The van der Waals surface area contributed by atoms with Crippen LogP contribution in [0.1, 0.15) is 34.3 Å². The highest BCUT2D eigenvalue weighted by Gasteiger charge is 2.16. The second-order valence-electron chi connectivity index (χ2n) is 6.37. The Bertz CT molecular complexity index is 943. The molecule has 0 aliphatic heterocycles. The molecule has 0 saturated carbocycles. The van der Waals surface area contributed by atoms with Crippen molar-refractivity contribution in [2.24, 2.45) is 0 Å². The maximum Gasteiger partial charge on any atom is 0.289 e. The van der Waals surface area contributed by atoms with Gasteiger partial charge in [-0.15, -0.1) is 0 Å². The predicted octanol–water partition coefficient (Wildman–Crippen LogP) is 3.16. The number of carbonyl (C=O) groups is 1. The Labute approximate surface area is 158 Å². The Kier molecular flexibility index (Phi) is 5.59. The van der Waals surface area contributed by atoms with Gasteiger partial charge in [-0.2, -0.15) is 5.10 Å². The molecule has 2 heterocycles. The van der Waals surface area contributed by atoms with Crippen LogP contribution in [0.5, 0.6) is 5.75 Å². The smallest absolute Gasteiger partial charge is 0.289 e. The van der Waals surface area contributed by atoms with Gasteiger partial charge in [-0.05, 0) is 44.4 Å². The monoisotopic (exact) mass is 368 g/mol. The fourth-order valence-electron chi connectivity index (χ4n) is 2.94. The predicted molar refractivity (Wildman–Crippen MR) is 102 cm³/mol. The molecule has 0 fully saturated rings. The van der Waals surface area contributed by atoms with Gasteiger partial charge in [0.25, 0.3) is 5.91 Å². The van der Waals surface area contributed by atoms with Crippen molar-refractivity contribution in [3.8, 4) is 17.0 Å². The Morgan fingerprint density at radius 3 is 2.78 bits per heavy atom. The van der Waals surface area contributed by atoms with Crippen LogP contribution in [-0.2, 0) is 13.0 Å². The molecule has 3 aromatic rings. The number of benzene rings is 1. The van der Waals surface area contributed by atoms with Crippen LogP contribution in [0.4, 0.5) is 0 Å². The Morgan fingerprint density at radius 1 is 1.30 bits per heavy atom. The first-order valence-electron chi connectivity index (χ1n) is 8.94. The van der Waals surface area contributed by atoms with Gasteiger partial charge in [0.2, 0.25) is 5.76 Å². The summed E-state index contributed by atoms with van der Waals surface area (Å²) in [6.45, 7) is 7.21. The first-order valence-corrected chi connectivity index (χ1v) is 8.94. The van der Waals surface area contributed by atoms with E-state index in [0.29, 0.717) is 12.2 Å². The van der Waals surface area contributed by atoms with E-state index in [1.807, 2.05) is 43.8 Å². The first kappa shape index (κ1) is 18.7. The molecule has 0 atom stereocenters. The number of amides is 1. The highest BCUT2D eigenvalue weighted by atomic mass is 16.5. The van der Waals surface area contributed by atoms with Crippen LogP contribution in [0.15, 0.2) is 35.0 Å². The molecular formula is C20H24N4O3. The van der Waals surface area contributed by atoms with Crippen molar-refractivity contribution in [1.82, 2.24) is 20.3 Å². The summed E-state index contributed by atoms with van der Waals surface area (Å²) in [6, 6.07) is 7.65. The van der Waals surface area contributed by atoms with E-state index in [4.69, 9.17) is 9.26 Å². The van der Waals surface area contributed by atoms with E-state index in [1.165, 1.54) is 0 Å². The number of hydrogen-bond donors (Lipinski definition) is 1. The van der Waals surface area contributed by atoms with Crippen LogP contribution in [0, 0.1) is 13.8 Å². The molecule has 0 bridgehead atoms. The molecule has 0 aliphatic carbocycles. The highest BCUT2D eigenvalue weighted by molar-refractivity contribution is 5.92. The van der Waals surface area contributed by atoms with Gasteiger partial charge in [0.05, 0.1) is 12.8 Å². The number of rotatable bonds is 7. The van der Waals surface area contributed by atoms with Gasteiger partial charge < -0.3 is 14.6 Å². The van der Waals surface area contributed by atoms with Crippen molar-refractivity contribution in [3.63, 3.8) is 0 Å². The maximum atomic E-state index is 12.3. The zero-order valence-electron chi connectivity index (χ0n) is 16.1. The lowest BCUT2D eigenvalue weighted by molar-refractivity contribution is 0.0917. The van der Waals surface area contributed by atoms with Crippen LogP contribution < -0.4 is 10.1 Å². The second-order valence-corrected chi connectivity index (χ2v) is 6.37. The van der Waals surface area contributed by atoms with Gasteiger partial charge >= 0.3 is 0 Å². The molecule has 2 aromatic heterocycles. The molecule has 0 radical (unpaired) electrons. The minimum absolute atomic E-state index is 0.194. The van der Waals surface area contributed by atoms with Crippen LogP contribution in [0.2, 0.25) is 0 Å². The molecule has 1 amide bonds. The lowest BCUT2D eigenvalue weighted by Crippen LogP contribution is -2.25. The van der Waals surface area contributed by atoms with E-state index in [2.05, 4.69) is 21.6 Å². The molecule has 27 heavy (non-hydrogen) atoms. The van der Waals surface area contributed by atoms with Crippen molar-refractivity contribution in [2.75, 3.05) is 13.7 Å². The molecule has 142 valence electrons. The molecule has 0 spiro atoms. The number of nitrogens with one attached hydrogen (secondary N) is 1. The number of nitrogens with zero attached hydrogens (tertiary/aromatic N) is 3. The van der Waals surface area contributed by atoms with Gasteiger partial charge in [0, 0.05) is 30.9 Å². The zero-order chi connectivity index (χ0) is 19.4. The average molecular weight is 368 g/mol. The van der Waals surface area contributed by atoms with E-state index < -0.39 is 0 Å². The summed E-state index contributed by atoms with van der Waals surface area (Å²) in [4.78, 5) is 12.3. The molecule has 7 heteroatoms. The zero-order valence-corrected chi connectivity index (χ0v) is 16.1. The van der Waals surface area contributed by atoms with Gasteiger partial charge in [-0.25, -0.2) is 0 Å². The quantitative estimate of drug-likeness (QED) is 0.693. The normalized spacial score (nSPS) is 10.8. The largest absolute Gasteiger partial charge is 0.496 e. The third kappa shape index (κ3) is 4.19. The van der Waals surface area contributed by atoms with Crippen LogP contribution in [0.25, 0.3) is 11.3 Å². The van der Waals surface area contributed by atoms with E-state index >= 15 is 0 Å². The first-order chi connectivity index (χ1) is 13.0. The number of aryl methyl sites for hydroxylation is 3. The van der Waals surface area contributed by atoms with Gasteiger partial charge in [-0.1, -0.05) is 17.3 Å². The summed E-state index contributed by atoms with van der Waals surface area (Å²) in [5, 5.41) is 11.3. The van der Waals surface area contributed by atoms with Crippen LogP contribution in [0.3, 0.4) is 0 Å². The van der Waals surface area contributed by atoms with Gasteiger partial charge in [0.1, 0.15) is 11.4 Å². The highest BCUT2D eigenvalue weighted by Crippen LogP contribution is 2.22. The molecule has 0 saturated heterocycles. The minimum atomic E-state index is -0.278. The van der Waals surface area contributed by atoms with Crippen LogP contribution in [-0.4, -0.2) is 34.5 Å². The summed E-state index contributed by atoms with van der Waals surface area (Å²) < 4.78 is 12.3. The van der Waals surface area contributed by atoms with E-state index in [1.54, 1.807) is 13.2 Å². The number of carbonyl (C=O) groups excluding carboxylic acids is 1. The maximum absolute atomic E-state index is 12.3. The van der Waals surface area contributed by atoms with Crippen molar-refractivity contribution in [2.45, 2.75) is 33.7 Å². The van der Waals surface area contributed by atoms with Crippen molar-refractivity contribution >= 4 is 5.91 Å². The van der Waals surface area contributed by atoms with Crippen LogP contribution >= 0.6 is 0 Å². The summed E-state index contributed by atoms with van der Waals surface area (Å²) in [5.74, 6) is 0.776. The van der Waals surface area contributed by atoms with Crippen molar-refractivity contribution < 1.29 is 14.1 Å². The molecule has 7 nitrogen and oxygen atoms in total. The molecule has 1 aromatic carbocycles. The summed E-state index contributed by atoms with van der Waals surface area (Å²) in [6.07, 6.45) is 2.63. The van der Waals surface area contributed by atoms with E-state index in [9.17, 15) is 4.79 Å². The molecule has 0 unspecified atom stereocenters. The second kappa shape index (κ2) is 8.07. The number of methoxy groups -OCH3 is 1. The average Bonchev–Trinajstić information content (AvgIpc) is 3.28. The Balaban J connectivity index is 1.59. The fourth-order valence-corrected chi connectivity index (χ4v) is 2.94. The molecule has 1 N–H and O–H groups in total. The fraction of sp³-hybridized carbons (Fsp3) is 0.350. The van der Waals surface area contributed by atoms with Crippen molar-refractivity contribution in [1.29, 1.82) is 0 Å². The van der Waals surface area contributed by atoms with Gasteiger partial charge in [0.15, 0.2) is 0 Å². The standard InChI is InChI=1S/C20H24N4O3/c1-5-24-12-16(14(3)22-24)17-11-19(27-23-17)20(25)21-9-8-15-6-7-18(26-4)13(2)10-15/h6-7,10-12H,5,8-9H2,1-4H3,(H,21,25). The molecule has 3 rings (SSSR count). The van der Waals surface area contributed by atoms with Crippen molar-refractivity contribution in [3.05, 3.63) is 53.0 Å². The lowest BCUT2D eigenvalue weighted by Gasteiger charge is -2.07. The number of ether oxygens (including phenoxy) is 1. The molecular weight excluding hydrogens is 344 g/mol. The Hall–Kier alpha value is -3.09. The van der Waals surface area contributed by atoms with E-state index in [-0.39, 0.29) is 11.7 Å². The van der Waals surface area contributed by atoms with E-state index in [0.717, 1.165) is 41.1 Å². The Morgan fingerprint density at radius 2 is 2.11 bits per heavy atom. The summed E-state index contributed by atoms with van der Waals surface area (Å²) >= 11 is 0. The minimum Gasteiger partial charge on any atom is -0.496 e. The SMILES string of the molecule is CCn1cc(-c2cc(C(=O)NCCc3ccc(OC)c(C)c3)on2)c(C)n1. The lowest BCUT2D eigenvalue weighted by atomic mass is 10.1. The topological polar surface area (TPSA) is 82.2 Å². The number of hydrogen-bond acceptors (Lipinski definition) is 5. The molecule has 0 aliphatic rings. The third-order valence-electron chi connectivity index (χ3n) is 4.44. The summed E-state index contributed by atoms with van der Waals surface area (Å²) in [5.41, 5.74) is 4.54. The number of aromatic nitrogens is 3. The van der Waals surface area contributed by atoms with Gasteiger partial charge in [-0.3, -0.25) is 9.48 Å².